The van der Waals surface area contributed by atoms with Crippen LogP contribution in [0.5, 0.6) is 5.75 Å². The van der Waals surface area contributed by atoms with Crippen molar-refractivity contribution in [2.24, 2.45) is 0 Å². The van der Waals surface area contributed by atoms with Gasteiger partial charge in [-0.1, -0.05) is 19.1 Å². The molecule has 0 aliphatic rings. The van der Waals surface area contributed by atoms with Crippen molar-refractivity contribution in [1.82, 2.24) is 4.98 Å². The molecular formula is C14H17NO3S. The van der Waals surface area contributed by atoms with E-state index in [0.717, 1.165) is 17.9 Å². The van der Waals surface area contributed by atoms with E-state index in [4.69, 9.17) is 9.15 Å². The second kappa shape index (κ2) is 7.09. The van der Waals surface area contributed by atoms with Gasteiger partial charge >= 0.3 is 5.76 Å². The van der Waals surface area contributed by atoms with Crippen molar-refractivity contribution in [2.45, 2.75) is 19.1 Å². The average molecular weight is 279 g/mol. The molecule has 1 aromatic heterocycles. The molecule has 0 radical (unpaired) electrons. The molecule has 4 nitrogen and oxygen atoms in total. The zero-order valence-electron chi connectivity index (χ0n) is 10.8. The molecule has 2 rings (SSSR count). The number of oxazole rings is 1. The van der Waals surface area contributed by atoms with Crippen molar-refractivity contribution in [3.05, 3.63) is 52.3 Å². The number of aryl methyl sites for hydroxylation is 1. The summed E-state index contributed by atoms with van der Waals surface area (Å²) in [5, 5.41) is 0. The van der Waals surface area contributed by atoms with Crippen molar-refractivity contribution < 1.29 is 9.15 Å². The van der Waals surface area contributed by atoms with Gasteiger partial charge in [0, 0.05) is 11.9 Å². The van der Waals surface area contributed by atoms with Gasteiger partial charge in [-0.15, -0.1) is 0 Å². The van der Waals surface area contributed by atoms with Gasteiger partial charge in [0.2, 0.25) is 0 Å². The lowest BCUT2D eigenvalue weighted by Crippen LogP contribution is -2.00. The predicted molar refractivity (Wildman–Crippen MR) is 76.8 cm³/mol. The quantitative estimate of drug-likeness (QED) is 0.792. The fraction of sp³-hybridized carbons (Fsp3) is 0.357. The Balaban J connectivity index is 1.67. The zero-order valence-corrected chi connectivity index (χ0v) is 11.7. The van der Waals surface area contributed by atoms with E-state index in [1.54, 1.807) is 18.0 Å². The first-order valence-corrected chi connectivity index (χ1v) is 7.40. The van der Waals surface area contributed by atoms with E-state index in [-0.39, 0.29) is 0 Å². The Kier molecular flexibility index (Phi) is 5.15. The number of hydrogen-bond acceptors (Lipinski definition) is 4. The number of aromatic nitrogens is 1. The van der Waals surface area contributed by atoms with Gasteiger partial charge in [-0.3, -0.25) is 4.98 Å². The largest absolute Gasteiger partial charge is 0.493 e. The SMILES string of the molecule is CCc1cccc(OCCSCc2c[nH]c(=O)o2)c1. The lowest BCUT2D eigenvalue weighted by molar-refractivity contribution is 0.343. The Morgan fingerprint density at radius 1 is 1.42 bits per heavy atom. The molecule has 2 aromatic rings. The molecule has 19 heavy (non-hydrogen) atoms. The smallest absolute Gasteiger partial charge is 0.416 e. The fourth-order valence-electron chi connectivity index (χ4n) is 1.63. The van der Waals surface area contributed by atoms with Gasteiger partial charge in [-0.25, -0.2) is 4.79 Å². The van der Waals surface area contributed by atoms with Crippen LogP contribution in [-0.4, -0.2) is 17.3 Å². The number of hydrogen-bond donors (Lipinski definition) is 1. The van der Waals surface area contributed by atoms with Gasteiger partial charge in [0.1, 0.15) is 11.5 Å². The van der Waals surface area contributed by atoms with Gasteiger partial charge in [0.05, 0.1) is 12.4 Å². The number of aromatic amines is 1. The Bertz CT molecular complexity index is 562. The number of rotatable bonds is 7. The van der Waals surface area contributed by atoms with Crippen LogP contribution in [0.3, 0.4) is 0 Å². The number of nitrogens with one attached hydrogen (secondary N) is 1. The lowest BCUT2D eigenvalue weighted by Gasteiger charge is -2.06. The molecule has 1 aromatic carbocycles. The molecule has 1 heterocycles. The maximum Gasteiger partial charge on any atom is 0.416 e. The first kappa shape index (κ1) is 13.8. The van der Waals surface area contributed by atoms with Crippen LogP contribution in [0.4, 0.5) is 0 Å². The molecule has 0 aliphatic carbocycles. The van der Waals surface area contributed by atoms with Crippen molar-refractivity contribution >= 4 is 11.8 Å². The predicted octanol–water partition coefficient (Wildman–Crippen LogP) is 2.84. The summed E-state index contributed by atoms with van der Waals surface area (Å²) in [5.74, 6) is 2.71. The van der Waals surface area contributed by atoms with Crippen LogP contribution in [0.2, 0.25) is 0 Å². The Morgan fingerprint density at radius 2 is 2.32 bits per heavy atom. The summed E-state index contributed by atoms with van der Waals surface area (Å²) >= 11 is 1.67. The van der Waals surface area contributed by atoms with Crippen molar-refractivity contribution in [3.8, 4) is 5.75 Å². The summed E-state index contributed by atoms with van der Waals surface area (Å²) in [7, 11) is 0. The number of benzene rings is 1. The van der Waals surface area contributed by atoms with Gasteiger partial charge < -0.3 is 9.15 Å². The molecule has 0 saturated carbocycles. The monoisotopic (exact) mass is 279 g/mol. The highest BCUT2D eigenvalue weighted by Crippen LogP contribution is 2.15. The van der Waals surface area contributed by atoms with Gasteiger partial charge in [0.15, 0.2) is 0 Å². The molecule has 0 bridgehead atoms. The standard InChI is InChI=1S/C14H17NO3S/c1-2-11-4-3-5-12(8-11)17-6-7-19-10-13-9-15-14(16)18-13/h3-5,8-9H,2,6-7,10H2,1H3,(H,15,16). The summed E-state index contributed by atoms with van der Waals surface area (Å²) in [4.78, 5) is 13.2. The van der Waals surface area contributed by atoms with Crippen LogP contribution in [0.1, 0.15) is 18.2 Å². The molecule has 0 amide bonds. The van der Waals surface area contributed by atoms with E-state index >= 15 is 0 Å². The van der Waals surface area contributed by atoms with Gasteiger partial charge in [-0.05, 0) is 24.1 Å². The normalized spacial score (nSPS) is 10.6. The van der Waals surface area contributed by atoms with E-state index in [9.17, 15) is 4.79 Å². The maximum absolute atomic E-state index is 10.8. The molecule has 5 heteroatoms. The number of H-pyrrole nitrogens is 1. The summed E-state index contributed by atoms with van der Waals surface area (Å²) in [5.41, 5.74) is 1.28. The van der Waals surface area contributed by atoms with Crippen LogP contribution in [0.25, 0.3) is 0 Å². The second-order valence-electron chi connectivity index (χ2n) is 4.05. The van der Waals surface area contributed by atoms with Gasteiger partial charge in [-0.2, -0.15) is 11.8 Å². The molecule has 0 atom stereocenters. The third kappa shape index (κ3) is 4.52. The topological polar surface area (TPSA) is 55.2 Å². The van der Waals surface area contributed by atoms with E-state index in [1.165, 1.54) is 5.56 Å². The highest BCUT2D eigenvalue weighted by Gasteiger charge is 2.00. The Hall–Kier alpha value is -1.62. The molecule has 102 valence electrons. The second-order valence-corrected chi connectivity index (χ2v) is 5.15. The fourth-order valence-corrected chi connectivity index (χ4v) is 2.32. The average Bonchev–Trinajstić information content (AvgIpc) is 2.84. The van der Waals surface area contributed by atoms with Crippen molar-refractivity contribution in [1.29, 1.82) is 0 Å². The minimum Gasteiger partial charge on any atom is -0.493 e. The van der Waals surface area contributed by atoms with Crippen LogP contribution in [-0.2, 0) is 12.2 Å². The van der Waals surface area contributed by atoms with Crippen molar-refractivity contribution in [2.75, 3.05) is 12.4 Å². The first-order valence-electron chi connectivity index (χ1n) is 6.25. The summed E-state index contributed by atoms with van der Waals surface area (Å²) < 4.78 is 10.6. The number of ether oxygens (including phenoxy) is 1. The Labute approximate surface area is 116 Å². The molecule has 0 unspecified atom stereocenters. The van der Waals surface area contributed by atoms with E-state index in [2.05, 4.69) is 24.0 Å². The van der Waals surface area contributed by atoms with Gasteiger partial charge in [0.25, 0.3) is 0 Å². The molecule has 1 N–H and O–H groups in total. The van der Waals surface area contributed by atoms with Crippen LogP contribution < -0.4 is 10.5 Å². The number of thioether (sulfide) groups is 1. The molecule has 0 fully saturated rings. The molecule has 0 aliphatic heterocycles. The maximum atomic E-state index is 10.8. The van der Waals surface area contributed by atoms with Crippen LogP contribution >= 0.6 is 11.8 Å². The van der Waals surface area contributed by atoms with E-state index in [1.807, 2.05) is 12.1 Å². The third-order valence-corrected chi connectivity index (χ3v) is 3.57. The summed E-state index contributed by atoms with van der Waals surface area (Å²) in [6, 6.07) is 8.14. The third-order valence-electron chi connectivity index (χ3n) is 2.62. The van der Waals surface area contributed by atoms with E-state index < -0.39 is 5.76 Å². The first-order chi connectivity index (χ1) is 9.28. The minimum absolute atomic E-state index is 0.400. The molecular weight excluding hydrogens is 262 g/mol. The summed E-state index contributed by atoms with van der Waals surface area (Å²) in [6.45, 7) is 2.77. The molecule has 0 saturated heterocycles. The van der Waals surface area contributed by atoms with Crippen LogP contribution in [0, 0.1) is 0 Å². The zero-order chi connectivity index (χ0) is 13.5. The Morgan fingerprint density at radius 3 is 3.05 bits per heavy atom. The highest BCUT2D eigenvalue weighted by atomic mass is 32.2. The van der Waals surface area contributed by atoms with Crippen LogP contribution in [0.15, 0.2) is 39.7 Å². The lowest BCUT2D eigenvalue weighted by atomic mass is 10.2. The highest BCUT2D eigenvalue weighted by molar-refractivity contribution is 7.98. The molecule has 0 spiro atoms. The van der Waals surface area contributed by atoms with Crippen molar-refractivity contribution in [3.63, 3.8) is 0 Å². The minimum atomic E-state index is -0.400. The van der Waals surface area contributed by atoms with E-state index in [0.29, 0.717) is 18.1 Å². The summed E-state index contributed by atoms with van der Waals surface area (Å²) in [6.07, 6.45) is 2.61.